The fourth-order valence-corrected chi connectivity index (χ4v) is 3.51. The normalized spacial score (nSPS) is 24.0. The third-order valence-corrected chi connectivity index (χ3v) is 4.72. The van der Waals surface area contributed by atoms with Gasteiger partial charge in [-0.1, -0.05) is 24.3 Å². The largest absolute Gasteiger partial charge is 0.394 e. The number of aliphatic hydroxyl groups excluding tert-OH is 1. The van der Waals surface area contributed by atoms with E-state index < -0.39 is 0 Å². The molecule has 0 spiro atoms. The number of fused-ring (bicyclic) bond motifs is 1. The van der Waals surface area contributed by atoms with E-state index in [4.69, 9.17) is 4.74 Å². The minimum atomic E-state index is 0.180. The van der Waals surface area contributed by atoms with Gasteiger partial charge in [0, 0.05) is 26.2 Å². The van der Waals surface area contributed by atoms with E-state index in [2.05, 4.69) is 34.1 Å². The molecule has 2 heterocycles. The maximum Gasteiger partial charge on any atom is 0.0628 e. The van der Waals surface area contributed by atoms with Crippen LogP contribution >= 0.6 is 0 Å². The molecule has 116 valence electrons. The van der Waals surface area contributed by atoms with Gasteiger partial charge in [-0.2, -0.15) is 0 Å². The molecule has 1 saturated heterocycles. The molecule has 1 atom stereocenters. The Balaban J connectivity index is 1.53. The first kappa shape index (κ1) is 15.0. The van der Waals surface area contributed by atoms with Crippen molar-refractivity contribution in [1.82, 2.24) is 9.80 Å². The van der Waals surface area contributed by atoms with Crippen LogP contribution in [0, 0.1) is 0 Å². The van der Waals surface area contributed by atoms with Gasteiger partial charge in [-0.15, -0.1) is 0 Å². The summed E-state index contributed by atoms with van der Waals surface area (Å²) in [6, 6.07) is 8.73. The van der Waals surface area contributed by atoms with Gasteiger partial charge in [-0.3, -0.25) is 9.80 Å². The molecule has 0 bridgehead atoms. The highest BCUT2D eigenvalue weighted by Gasteiger charge is 2.26. The van der Waals surface area contributed by atoms with Gasteiger partial charge in [-0.25, -0.2) is 0 Å². The lowest BCUT2D eigenvalue weighted by Gasteiger charge is -2.37. The average molecular weight is 290 g/mol. The summed E-state index contributed by atoms with van der Waals surface area (Å²) in [6.07, 6.45) is 2.27. The van der Waals surface area contributed by atoms with Gasteiger partial charge in [0.1, 0.15) is 0 Å². The fourth-order valence-electron chi connectivity index (χ4n) is 3.51. The number of aliphatic hydroxyl groups is 1. The zero-order valence-corrected chi connectivity index (χ0v) is 12.7. The summed E-state index contributed by atoms with van der Waals surface area (Å²) in [4.78, 5) is 4.93. The summed E-state index contributed by atoms with van der Waals surface area (Å²) in [5, 5.41) is 9.79. The minimum absolute atomic E-state index is 0.180. The molecule has 4 heteroatoms. The summed E-state index contributed by atoms with van der Waals surface area (Å²) in [6.45, 7) is 7.35. The van der Waals surface area contributed by atoms with Crippen molar-refractivity contribution in [2.45, 2.75) is 18.9 Å². The second-order valence-corrected chi connectivity index (χ2v) is 5.99. The van der Waals surface area contributed by atoms with E-state index in [1.807, 2.05) is 0 Å². The lowest BCUT2D eigenvalue weighted by molar-refractivity contribution is 0.0341. The quantitative estimate of drug-likeness (QED) is 0.887. The Kier molecular flexibility index (Phi) is 5.25. The fraction of sp³-hybridized carbons (Fsp3) is 0.647. The third kappa shape index (κ3) is 3.64. The Labute approximate surface area is 127 Å². The molecule has 0 amide bonds. The van der Waals surface area contributed by atoms with Crippen LogP contribution in [-0.4, -0.2) is 67.5 Å². The van der Waals surface area contributed by atoms with Crippen molar-refractivity contribution >= 4 is 0 Å². The number of rotatable bonds is 5. The Morgan fingerprint density at radius 3 is 2.71 bits per heavy atom. The molecule has 1 aromatic rings. The molecule has 1 aromatic carbocycles. The predicted octanol–water partition coefficient (Wildman–Crippen LogP) is 1.30. The van der Waals surface area contributed by atoms with Crippen molar-refractivity contribution in [1.29, 1.82) is 0 Å². The highest BCUT2D eigenvalue weighted by atomic mass is 16.5. The van der Waals surface area contributed by atoms with Crippen molar-refractivity contribution in [3.63, 3.8) is 0 Å². The van der Waals surface area contributed by atoms with E-state index in [0.29, 0.717) is 0 Å². The molecule has 4 nitrogen and oxygen atoms in total. The Hall–Kier alpha value is -0.940. The van der Waals surface area contributed by atoms with Crippen LogP contribution in [0.5, 0.6) is 0 Å². The van der Waals surface area contributed by atoms with Crippen LogP contribution in [0.3, 0.4) is 0 Å². The van der Waals surface area contributed by atoms with Crippen molar-refractivity contribution in [3.05, 3.63) is 35.4 Å². The highest BCUT2D eigenvalue weighted by molar-refractivity contribution is 5.32. The Morgan fingerprint density at radius 2 is 1.90 bits per heavy atom. The van der Waals surface area contributed by atoms with E-state index >= 15 is 0 Å². The van der Waals surface area contributed by atoms with E-state index in [0.717, 1.165) is 52.4 Å². The number of benzene rings is 1. The van der Waals surface area contributed by atoms with Crippen LogP contribution < -0.4 is 0 Å². The molecule has 1 N–H and O–H groups in total. The zero-order chi connectivity index (χ0) is 14.5. The number of hydrogen-bond acceptors (Lipinski definition) is 4. The maximum atomic E-state index is 9.79. The molecular formula is C17H26N2O2. The van der Waals surface area contributed by atoms with E-state index in [9.17, 15) is 5.11 Å². The van der Waals surface area contributed by atoms with Crippen LogP contribution in [0.15, 0.2) is 24.3 Å². The van der Waals surface area contributed by atoms with Crippen LogP contribution in [0.1, 0.15) is 23.6 Å². The second kappa shape index (κ2) is 7.36. The van der Waals surface area contributed by atoms with E-state index in [1.165, 1.54) is 17.5 Å². The number of morpholine rings is 1. The maximum absolute atomic E-state index is 9.79. The van der Waals surface area contributed by atoms with Gasteiger partial charge in [-0.05, 0) is 30.5 Å². The molecule has 2 aliphatic heterocycles. The monoisotopic (exact) mass is 290 g/mol. The van der Waals surface area contributed by atoms with Crippen molar-refractivity contribution in [2.24, 2.45) is 0 Å². The summed E-state index contributed by atoms with van der Waals surface area (Å²) >= 11 is 0. The van der Waals surface area contributed by atoms with Gasteiger partial charge in [0.15, 0.2) is 0 Å². The zero-order valence-electron chi connectivity index (χ0n) is 12.7. The van der Waals surface area contributed by atoms with Crippen LogP contribution in [-0.2, 0) is 11.2 Å². The minimum Gasteiger partial charge on any atom is -0.394 e. The Morgan fingerprint density at radius 1 is 1.10 bits per heavy atom. The average Bonchev–Trinajstić information content (AvgIpc) is 2.55. The molecule has 3 rings (SSSR count). The van der Waals surface area contributed by atoms with Gasteiger partial charge in [0.2, 0.25) is 0 Å². The first-order valence-corrected chi connectivity index (χ1v) is 8.11. The lowest BCUT2D eigenvalue weighted by atomic mass is 9.93. The highest BCUT2D eigenvalue weighted by Crippen LogP contribution is 2.29. The summed E-state index contributed by atoms with van der Waals surface area (Å²) < 4.78 is 5.38. The predicted molar refractivity (Wildman–Crippen MR) is 83.4 cm³/mol. The lowest BCUT2D eigenvalue weighted by Crippen LogP contribution is -2.41. The topological polar surface area (TPSA) is 35.9 Å². The molecule has 2 aliphatic rings. The number of nitrogens with zero attached hydrogens (tertiary/aromatic N) is 2. The molecule has 0 saturated carbocycles. The van der Waals surface area contributed by atoms with E-state index in [-0.39, 0.29) is 12.6 Å². The first-order valence-electron chi connectivity index (χ1n) is 8.11. The summed E-state index contributed by atoms with van der Waals surface area (Å²) in [5.41, 5.74) is 2.72. The third-order valence-electron chi connectivity index (χ3n) is 4.72. The van der Waals surface area contributed by atoms with Gasteiger partial charge < -0.3 is 9.84 Å². The van der Waals surface area contributed by atoms with Crippen molar-refractivity contribution in [2.75, 3.05) is 52.5 Å². The summed E-state index contributed by atoms with van der Waals surface area (Å²) in [7, 11) is 0. The molecule has 0 radical (unpaired) electrons. The SMILES string of the molecule is OCC1c2ccccc2CCN1CCCN1CCOCC1. The molecule has 0 aromatic heterocycles. The van der Waals surface area contributed by atoms with Gasteiger partial charge in [0.05, 0.1) is 25.9 Å². The number of hydrogen-bond donors (Lipinski definition) is 1. The van der Waals surface area contributed by atoms with Crippen molar-refractivity contribution < 1.29 is 9.84 Å². The van der Waals surface area contributed by atoms with Crippen LogP contribution in [0.25, 0.3) is 0 Å². The molecule has 21 heavy (non-hydrogen) atoms. The molecule has 1 unspecified atom stereocenters. The smallest absolute Gasteiger partial charge is 0.0628 e. The van der Waals surface area contributed by atoms with Crippen molar-refractivity contribution in [3.8, 4) is 0 Å². The standard InChI is InChI=1S/C17H26N2O2/c20-14-17-16-5-2-1-4-15(16)6-9-19(17)8-3-7-18-10-12-21-13-11-18/h1-2,4-5,17,20H,3,6-14H2. The Bertz CT molecular complexity index is 446. The van der Waals surface area contributed by atoms with E-state index in [1.54, 1.807) is 0 Å². The molecule has 1 fully saturated rings. The summed E-state index contributed by atoms with van der Waals surface area (Å²) in [5.74, 6) is 0. The van der Waals surface area contributed by atoms with Crippen LogP contribution in [0.2, 0.25) is 0 Å². The molecule has 0 aliphatic carbocycles. The van der Waals surface area contributed by atoms with Gasteiger partial charge in [0.25, 0.3) is 0 Å². The second-order valence-electron chi connectivity index (χ2n) is 5.99. The molecular weight excluding hydrogens is 264 g/mol. The number of ether oxygens (including phenoxy) is 1. The first-order chi connectivity index (χ1) is 10.4. The van der Waals surface area contributed by atoms with Gasteiger partial charge >= 0.3 is 0 Å². The van der Waals surface area contributed by atoms with Crippen LogP contribution in [0.4, 0.5) is 0 Å².